The highest BCUT2D eigenvalue weighted by molar-refractivity contribution is 9.10. The number of anilines is 1. The van der Waals surface area contributed by atoms with Crippen LogP contribution in [0.1, 0.15) is 6.42 Å². The maximum Gasteiger partial charge on any atom is 0.234 e. The Morgan fingerprint density at radius 3 is 2.89 bits per heavy atom. The van der Waals surface area contributed by atoms with Crippen LogP contribution in [0.4, 0.5) is 5.69 Å². The molecule has 1 saturated heterocycles. The molecule has 1 aromatic carbocycles. The Hall–Kier alpha value is -0.530. The second-order valence-corrected chi connectivity index (χ2v) is 8.83. The topological polar surface area (TPSA) is 63.2 Å². The van der Waals surface area contributed by atoms with Gasteiger partial charge in [0.1, 0.15) is 0 Å². The highest BCUT2D eigenvalue weighted by Gasteiger charge is 2.28. The van der Waals surface area contributed by atoms with Gasteiger partial charge in [0.15, 0.2) is 9.84 Å². The molecule has 0 saturated carbocycles. The number of benzene rings is 1. The van der Waals surface area contributed by atoms with Crippen LogP contribution in [0.3, 0.4) is 0 Å². The van der Waals surface area contributed by atoms with Crippen LogP contribution in [0.2, 0.25) is 0 Å². The van der Waals surface area contributed by atoms with Crippen LogP contribution in [-0.4, -0.2) is 36.8 Å². The number of carbonyl (C=O) groups excluding carboxylic acids is 1. The molecule has 1 amide bonds. The van der Waals surface area contributed by atoms with Crippen molar-refractivity contribution in [1.82, 2.24) is 0 Å². The second-order valence-electron chi connectivity index (χ2n) is 4.39. The number of carbonyl (C=O) groups is 1. The van der Waals surface area contributed by atoms with Crippen molar-refractivity contribution in [3.05, 3.63) is 28.7 Å². The number of halogens is 1. The van der Waals surface area contributed by atoms with E-state index in [0.717, 1.165) is 10.2 Å². The van der Waals surface area contributed by atoms with Crippen molar-refractivity contribution in [3.8, 4) is 0 Å². The van der Waals surface area contributed by atoms with Crippen LogP contribution in [0, 0.1) is 0 Å². The Morgan fingerprint density at radius 2 is 2.26 bits per heavy atom. The Bertz CT molecular complexity index is 574. The van der Waals surface area contributed by atoms with Crippen molar-refractivity contribution in [3.63, 3.8) is 0 Å². The Kier molecular flexibility index (Phi) is 4.92. The van der Waals surface area contributed by atoms with E-state index in [0.29, 0.717) is 6.42 Å². The first-order valence-corrected chi connectivity index (χ1v) is 9.48. The van der Waals surface area contributed by atoms with Gasteiger partial charge in [0.25, 0.3) is 0 Å². The molecule has 2 rings (SSSR count). The van der Waals surface area contributed by atoms with Crippen molar-refractivity contribution in [2.45, 2.75) is 11.7 Å². The molecule has 0 radical (unpaired) electrons. The second kappa shape index (κ2) is 6.28. The monoisotopic (exact) mass is 363 g/mol. The molecule has 1 aliphatic heterocycles. The van der Waals surface area contributed by atoms with Gasteiger partial charge in [-0.1, -0.05) is 22.0 Å². The summed E-state index contributed by atoms with van der Waals surface area (Å²) in [5, 5.41) is 2.84. The number of hydrogen-bond acceptors (Lipinski definition) is 4. The van der Waals surface area contributed by atoms with Gasteiger partial charge in [0.05, 0.1) is 17.3 Å². The summed E-state index contributed by atoms with van der Waals surface area (Å²) in [6, 6.07) is 7.36. The zero-order chi connectivity index (χ0) is 13.9. The minimum Gasteiger partial charge on any atom is -0.325 e. The highest BCUT2D eigenvalue weighted by Crippen LogP contribution is 2.24. The third kappa shape index (κ3) is 4.81. The number of hydrogen-bond donors (Lipinski definition) is 1. The van der Waals surface area contributed by atoms with E-state index < -0.39 is 9.84 Å². The zero-order valence-corrected chi connectivity index (χ0v) is 13.4. The number of sulfone groups is 1. The third-order valence-corrected chi connectivity index (χ3v) is 6.52. The van der Waals surface area contributed by atoms with Gasteiger partial charge >= 0.3 is 0 Å². The molecule has 1 aliphatic rings. The van der Waals surface area contributed by atoms with Gasteiger partial charge in [-0.15, -0.1) is 11.8 Å². The van der Waals surface area contributed by atoms with E-state index in [1.165, 1.54) is 11.8 Å². The van der Waals surface area contributed by atoms with E-state index >= 15 is 0 Å². The molecule has 19 heavy (non-hydrogen) atoms. The molecule has 0 spiro atoms. The van der Waals surface area contributed by atoms with Gasteiger partial charge in [0, 0.05) is 15.4 Å². The Labute approximate surface area is 125 Å². The molecule has 1 heterocycles. The number of thioether (sulfide) groups is 1. The van der Waals surface area contributed by atoms with E-state index in [2.05, 4.69) is 21.2 Å². The molecular weight excluding hydrogens is 350 g/mol. The summed E-state index contributed by atoms with van der Waals surface area (Å²) in [7, 11) is -2.87. The van der Waals surface area contributed by atoms with Crippen molar-refractivity contribution >= 4 is 49.1 Å². The third-order valence-electron chi connectivity index (χ3n) is 2.75. The quantitative estimate of drug-likeness (QED) is 0.891. The molecule has 0 aliphatic carbocycles. The number of rotatable bonds is 4. The number of amides is 1. The summed E-state index contributed by atoms with van der Waals surface area (Å²) in [5.41, 5.74) is 0.735. The molecule has 1 fully saturated rings. The van der Waals surface area contributed by atoms with E-state index in [9.17, 15) is 13.2 Å². The van der Waals surface area contributed by atoms with Crippen LogP contribution in [0.15, 0.2) is 28.7 Å². The van der Waals surface area contributed by atoms with Gasteiger partial charge in [-0.2, -0.15) is 0 Å². The minimum atomic E-state index is -2.87. The minimum absolute atomic E-state index is 0.0539. The molecule has 1 atom stereocenters. The van der Waals surface area contributed by atoms with Gasteiger partial charge in [-0.3, -0.25) is 4.79 Å². The summed E-state index contributed by atoms with van der Waals surface area (Å²) < 4.78 is 23.5. The van der Waals surface area contributed by atoms with Crippen LogP contribution in [-0.2, 0) is 14.6 Å². The summed E-state index contributed by atoms with van der Waals surface area (Å²) >= 11 is 4.75. The van der Waals surface area contributed by atoms with Gasteiger partial charge in [0.2, 0.25) is 5.91 Å². The normalized spacial score (nSPS) is 21.2. The summed E-state index contributed by atoms with van der Waals surface area (Å²) in [6.07, 6.45) is 0.650. The van der Waals surface area contributed by atoms with E-state index in [1.54, 1.807) is 0 Å². The molecule has 0 aromatic heterocycles. The molecule has 7 heteroatoms. The Balaban J connectivity index is 1.79. The molecule has 1 aromatic rings. The standard InChI is InChI=1S/C12H14BrNO3S2/c13-9-2-1-3-10(6-9)14-12(15)7-18-11-4-5-19(16,17)8-11/h1-3,6,11H,4-5,7-8H2,(H,14,15). The molecule has 0 bridgehead atoms. The molecule has 1 N–H and O–H groups in total. The molecule has 1 unspecified atom stereocenters. The molecular formula is C12H14BrNO3S2. The van der Waals surface area contributed by atoms with Crippen molar-refractivity contribution < 1.29 is 13.2 Å². The maximum absolute atomic E-state index is 11.7. The van der Waals surface area contributed by atoms with E-state index in [-0.39, 0.29) is 28.4 Å². The lowest BCUT2D eigenvalue weighted by molar-refractivity contribution is -0.113. The maximum atomic E-state index is 11.7. The van der Waals surface area contributed by atoms with E-state index in [1.807, 2.05) is 24.3 Å². The first-order valence-electron chi connectivity index (χ1n) is 5.82. The zero-order valence-electron chi connectivity index (χ0n) is 10.1. The molecule has 104 valence electrons. The summed E-state index contributed by atoms with van der Waals surface area (Å²) in [5.74, 6) is 0.624. The fourth-order valence-electron chi connectivity index (χ4n) is 1.85. The lowest BCUT2D eigenvalue weighted by Gasteiger charge is -2.08. The number of nitrogens with one attached hydrogen (secondary N) is 1. The van der Waals surface area contributed by atoms with Crippen LogP contribution >= 0.6 is 27.7 Å². The average Bonchev–Trinajstić information content (AvgIpc) is 2.66. The summed E-state index contributed by atoms with van der Waals surface area (Å²) in [6.45, 7) is 0. The predicted octanol–water partition coefficient (Wildman–Crippen LogP) is 2.31. The highest BCUT2D eigenvalue weighted by atomic mass is 79.9. The predicted molar refractivity (Wildman–Crippen MR) is 82.3 cm³/mol. The summed E-state index contributed by atoms with van der Waals surface area (Å²) in [4.78, 5) is 11.7. The van der Waals surface area contributed by atoms with E-state index in [4.69, 9.17) is 0 Å². The Morgan fingerprint density at radius 1 is 1.47 bits per heavy atom. The largest absolute Gasteiger partial charge is 0.325 e. The molecule has 4 nitrogen and oxygen atoms in total. The van der Waals surface area contributed by atoms with Gasteiger partial charge in [-0.25, -0.2) is 8.42 Å². The van der Waals surface area contributed by atoms with Crippen molar-refractivity contribution in [2.24, 2.45) is 0 Å². The first kappa shape index (κ1) is 14.9. The van der Waals surface area contributed by atoms with Crippen molar-refractivity contribution in [1.29, 1.82) is 0 Å². The lowest BCUT2D eigenvalue weighted by atomic mass is 10.3. The van der Waals surface area contributed by atoms with Crippen LogP contribution in [0.5, 0.6) is 0 Å². The average molecular weight is 364 g/mol. The lowest BCUT2D eigenvalue weighted by Crippen LogP contribution is -2.17. The SMILES string of the molecule is O=C(CSC1CCS(=O)(=O)C1)Nc1cccc(Br)c1. The van der Waals surface area contributed by atoms with Gasteiger partial charge < -0.3 is 5.32 Å². The van der Waals surface area contributed by atoms with Crippen molar-refractivity contribution in [2.75, 3.05) is 22.6 Å². The van der Waals surface area contributed by atoms with Crippen LogP contribution < -0.4 is 5.32 Å². The fourth-order valence-corrected chi connectivity index (χ4v) is 5.69. The fraction of sp³-hybridized carbons (Fsp3) is 0.417. The first-order chi connectivity index (χ1) is 8.94. The van der Waals surface area contributed by atoms with Crippen LogP contribution in [0.25, 0.3) is 0 Å². The van der Waals surface area contributed by atoms with Gasteiger partial charge in [-0.05, 0) is 24.6 Å². The smallest absolute Gasteiger partial charge is 0.234 e.